The number of nitrogens with zero attached hydrogens (tertiary/aromatic N) is 3. The van der Waals surface area contributed by atoms with Gasteiger partial charge in [-0.2, -0.15) is 0 Å². The maximum atomic E-state index is 14.6. The molecule has 1 aromatic heterocycles. The van der Waals surface area contributed by atoms with E-state index in [0.29, 0.717) is 30.8 Å². The molecule has 1 N–H and O–H groups in total. The third kappa shape index (κ3) is 4.23. The Morgan fingerprint density at radius 3 is 2.65 bits per heavy atom. The molecule has 1 fully saturated rings. The van der Waals surface area contributed by atoms with Crippen LogP contribution in [0.4, 0.5) is 10.2 Å². The van der Waals surface area contributed by atoms with Crippen molar-refractivity contribution in [3.8, 4) is 16.9 Å². The van der Waals surface area contributed by atoms with Crippen molar-refractivity contribution in [3.05, 3.63) is 77.2 Å². The topological polar surface area (TPSA) is 57.7 Å². The van der Waals surface area contributed by atoms with Gasteiger partial charge in [-0.15, -0.1) is 0 Å². The SMILES string of the molecule is CCN1CCN(C(=O)c2cc(F)cc(-c3cnc4c(c3)C(c3ccccc3OC)CN4)c2)CC1. The van der Waals surface area contributed by atoms with Crippen molar-refractivity contribution in [3.63, 3.8) is 0 Å². The fourth-order valence-electron chi connectivity index (χ4n) is 4.92. The number of aromatic nitrogens is 1. The van der Waals surface area contributed by atoms with E-state index in [0.717, 1.165) is 47.9 Å². The quantitative estimate of drug-likeness (QED) is 0.618. The van der Waals surface area contributed by atoms with Crippen LogP contribution in [-0.2, 0) is 0 Å². The maximum Gasteiger partial charge on any atom is 0.254 e. The van der Waals surface area contributed by atoms with E-state index in [-0.39, 0.29) is 11.8 Å². The number of rotatable bonds is 5. The van der Waals surface area contributed by atoms with Gasteiger partial charge in [-0.05, 0) is 42.4 Å². The minimum absolute atomic E-state index is 0.0723. The number of likely N-dealkylation sites (N-methyl/N-ethyl adjacent to an activating group) is 1. The van der Waals surface area contributed by atoms with Crippen LogP contribution in [0.3, 0.4) is 0 Å². The average molecular weight is 461 g/mol. The predicted octanol–water partition coefficient (Wildman–Crippen LogP) is 4.23. The standard InChI is InChI=1S/C27H29FN4O2/c1-3-31-8-10-32(11-9-31)27(33)19-12-18(13-21(28)14-19)20-15-23-24(17-30-26(23)29-16-20)22-6-4-5-7-25(22)34-2/h4-7,12-16,24H,3,8-11,17H2,1-2H3,(H,29,30). The van der Waals surface area contributed by atoms with Crippen LogP contribution in [0.2, 0.25) is 0 Å². The number of carbonyl (C=O) groups is 1. The van der Waals surface area contributed by atoms with E-state index in [9.17, 15) is 9.18 Å². The van der Waals surface area contributed by atoms with Gasteiger partial charge < -0.3 is 19.9 Å². The first-order chi connectivity index (χ1) is 16.6. The van der Waals surface area contributed by atoms with Gasteiger partial charge in [0, 0.05) is 67.1 Å². The van der Waals surface area contributed by atoms with Crippen LogP contribution in [0.5, 0.6) is 5.75 Å². The molecule has 2 aliphatic rings. The molecular formula is C27H29FN4O2. The average Bonchev–Trinajstić information content (AvgIpc) is 3.31. The summed E-state index contributed by atoms with van der Waals surface area (Å²) in [5.74, 6) is 1.17. The second-order valence-electron chi connectivity index (χ2n) is 8.79. The van der Waals surface area contributed by atoms with Crippen molar-refractivity contribution in [1.82, 2.24) is 14.8 Å². The molecular weight excluding hydrogens is 431 g/mol. The predicted molar refractivity (Wildman–Crippen MR) is 131 cm³/mol. The number of pyridine rings is 1. The fraction of sp³-hybridized carbons (Fsp3) is 0.333. The van der Waals surface area contributed by atoms with Crippen molar-refractivity contribution in [2.24, 2.45) is 0 Å². The Kier molecular flexibility index (Phi) is 6.20. The molecule has 0 spiro atoms. The Labute approximate surface area is 199 Å². The van der Waals surface area contributed by atoms with Crippen molar-refractivity contribution in [2.45, 2.75) is 12.8 Å². The van der Waals surface area contributed by atoms with Crippen LogP contribution in [0.1, 0.15) is 34.3 Å². The number of carbonyl (C=O) groups excluding carboxylic acids is 1. The van der Waals surface area contributed by atoms with Crippen LogP contribution in [0, 0.1) is 5.82 Å². The summed E-state index contributed by atoms with van der Waals surface area (Å²) in [7, 11) is 1.67. The van der Waals surface area contributed by atoms with E-state index in [1.807, 2.05) is 29.2 Å². The molecule has 34 heavy (non-hydrogen) atoms. The number of amides is 1. The number of benzene rings is 2. The van der Waals surface area contributed by atoms with Crippen molar-refractivity contribution in [1.29, 1.82) is 0 Å². The lowest BCUT2D eigenvalue weighted by Crippen LogP contribution is -2.48. The number of fused-ring (bicyclic) bond motifs is 1. The molecule has 1 amide bonds. The van der Waals surface area contributed by atoms with Gasteiger partial charge >= 0.3 is 0 Å². The molecule has 0 bridgehead atoms. The lowest BCUT2D eigenvalue weighted by Gasteiger charge is -2.34. The smallest absolute Gasteiger partial charge is 0.254 e. The van der Waals surface area contributed by atoms with Crippen LogP contribution in [-0.4, -0.2) is 67.1 Å². The Bertz CT molecular complexity index is 1210. The van der Waals surface area contributed by atoms with E-state index in [2.05, 4.69) is 28.2 Å². The molecule has 1 saturated heterocycles. The maximum absolute atomic E-state index is 14.6. The second kappa shape index (κ2) is 9.43. The summed E-state index contributed by atoms with van der Waals surface area (Å²) in [5, 5.41) is 3.37. The van der Waals surface area contributed by atoms with Gasteiger partial charge in [-0.1, -0.05) is 25.1 Å². The minimum Gasteiger partial charge on any atom is -0.496 e. The number of anilines is 1. The molecule has 0 aliphatic carbocycles. The molecule has 176 valence electrons. The highest BCUT2D eigenvalue weighted by Crippen LogP contribution is 2.40. The van der Waals surface area contributed by atoms with Crippen LogP contribution in [0.15, 0.2) is 54.7 Å². The first-order valence-corrected chi connectivity index (χ1v) is 11.8. The van der Waals surface area contributed by atoms with E-state index < -0.39 is 5.82 Å². The number of hydrogen-bond donors (Lipinski definition) is 1. The summed E-state index contributed by atoms with van der Waals surface area (Å²) < 4.78 is 20.2. The number of methoxy groups -OCH3 is 1. The third-order valence-electron chi connectivity index (χ3n) is 6.87. The highest BCUT2D eigenvalue weighted by atomic mass is 19.1. The molecule has 1 unspecified atom stereocenters. The monoisotopic (exact) mass is 460 g/mol. The summed E-state index contributed by atoms with van der Waals surface area (Å²) >= 11 is 0. The first kappa shape index (κ1) is 22.3. The lowest BCUT2D eigenvalue weighted by atomic mass is 9.91. The molecule has 0 radical (unpaired) electrons. The third-order valence-corrected chi connectivity index (χ3v) is 6.87. The van der Waals surface area contributed by atoms with Crippen LogP contribution in [0.25, 0.3) is 11.1 Å². The zero-order valence-corrected chi connectivity index (χ0v) is 19.6. The molecule has 5 rings (SSSR count). The van der Waals surface area contributed by atoms with E-state index in [1.165, 1.54) is 12.1 Å². The van der Waals surface area contributed by atoms with Crippen molar-refractivity contribution in [2.75, 3.05) is 51.7 Å². The summed E-state index contributed by atoms with van der Waals surface area (Å²) in [6.45, 7) is 6.81. The largest absolute Gasteiger partial charge is 0.496 e. The highest BCUT2D eigenvalue weighted by Gasteiger charge is 2.28. The van der Waals surface area contributed by atoms with Gasteiger partial charge in [0.05, 0.1) is 7.11 Å². The molecule has 0 saturated carbocycles. The van der Waals surface area contributed by atoms with Gasteiger partial charge in [0.25, 0.3) is 5.91 Å². The van der Waals surface area contributed by atoms with E-state index >= 15 is 0 Å². The van der Waals surface area contributed by atoms with Crippen LogP contribution < -0.4 is 10.1 Å². The first-order valence-electron chi connectivity index (χ1n) is 11.8. The zero-order chi connectivity index (χ0) is 23.7. The van der Waals surface area contributed by atoms with E-state index in [1.54, 1.807) is 19.4 Å². The Hall–Kier alpha value is -3.45. The van der Waals surface area contributed by atoms with Gasteiger partial charge in [0.15, 0.2) is 0 Å². The van der Waals surface area contributed by atoms with Crippen molar-refractivity contribution < 1.29 is 13.9 Å². The van der Waals surface area contributed by atoms with Crippen molar-refractivity contribution >= 4 is 11.7 Å². The lowest BCUT2D eigenvalue weighted by molar-refractivity contribution is 0.0643. The Balaban J connectivity index is 1.45. The van der Waals surface area contributed by atoms with Gasteiger partial charge in [0.1, 0.15) is 17.4 Å². The Morgan fingerprint density at radius 2 is 1.88 bits per heavy atom. The summed E-state index contributed by atoms with van der Waals surface area (Å²) in [6.07, 6.45) is 1.74. The molecule has 3 aromatic rings. The normalized spacial score (nSPS) is 17.9. The molecule has 1 atom stereocenters. The second-order valence-corrected chi connectivity index (χ2v) is 8.79. The summed E-state index contributed by atoms with van der Waals surface area (Å²) in [6, 6.07) is 14.6. The Morgan fingerprint density at radius 1 is 1.09 bits per heavy atom. The molecule has 7 heteroatoms. The number of halogens is 1. The fourth-order valence-corrected chi connectivity index (χ4v) is 4.92. The summed E-state index contributed by atoms with van der Waals surface area (Å²) in [4.78, 5) is 21.9. The highest BCUT2D eigenvalue weighted by molar-refractivity contribution is 5.95. The molecule has 2 aromatic carbocycles. The number of nitrogens with one attached hydrogen (secondary N) is 1. The van der Waals surface area contributed by atoms with Gasteiger partial charge in [-0.3, -0.25) is 4.79 Å². The van der Waals surface area contributed by atoms with Gasteiger partial charge in [0.2, 0.25) is 0 Å². The van der Waals surface area contributed by atoms with E-state index in [4.69, 9.17) is 4.74 Å². The van der Waals surface area contributed by atoms with Gasteiger partial charge in [-0.25, -0.2) is 9.37 Å². The van der Waals surface area contributed by atoms with Crippen LogP contribution >= 0.6 is 0 Å². The zero-order valence-electron chi connectivity index (χ0n) is 19.6. The number of hydrogen-bond acceptors (Lipinski definition) is 5. The number of ether oxygens (including phenoxy) is 1. The molecule has 3 heterocycles. The number of para-hydroxylation sites is 1. The number of piperazine rings is 1. The molecule has 2 aliphatic heterocycles. The molecule has 6 nitrogen and oxygen atoms in total. The summed E-state index contributed by atoms with van der Waals surface area (Å²) in [5.41, 5.74) is 3.93. The minimum atomic E-state index is -0.423.